The molecule has 5 heteroatoms. The van der Waals surface area contributed by atoms with E-state index in [4.69, 9.17) is 0 Å². The molecule has 1 atom stereocenters. The topological polar surface area (TPSA) is 46.4 Å². The van der Waals surface area contributed by atoms with E-state index in [0.29, 0.717) is 12.5 Å². The molecule has 1 saturated carbocycles. The van der Waals surface area contributed by atoms with E-state index in [-0.39, 0.29) is 11.8 Å². The van der Waals surface area contributed by atoms with E-state index in [1.165, 1.54) is 19.3 Å². The summed E-state index contributed by atoms with van der Waals surface area (Å²) in [5, 5.41) is 3.00. The Morgan fingerprint density at radius 2 is 2.30 bits per heavy atom. The van der Waals surface area contributed by atoms with Crippen molar-refractivity contribution in [3.63, 3.8) is 0 Å². The van der Waals surface area contributed by atoms with E-state index in [1.807, 2.05) is 35.9 Å². The molecule has 0 aromatic carbocycles. The second kappa shape index (κ2) is 5.56. The first kappa shape index (κ1) is 13.6. The van der Waals surface area contributed by atoms with Crippen molar-refractivity contribution in [3.05, 3.63) is 34.7 Å². The summed E-state index contributed by atoms with van der Waals surface area (Å²) in [5.41, 5.74) is 1.78. The van der Waals surface area contributed by atoms with Crippen molar-refractivity contribution in [1.29, 1.82) is 0 Å². The molecule has 1 unspecified atom stereocenters. The molecule has 0 saturated heterocycles. The van der Waals surface area contributed by atoms with Crippen molar-refractivity contribution in [1.82, 2.24) is 14.7 Å². The predicted octanol–water partition coefficient (Wildman–Crippen LogP) is 3.15. The number of hydrogen-bond acceptors (Lipinski definition) is 2. The Kier molecular flexibility index (Phi) is 3.78. The molecule has 0 aliphatic heterocycles. The standard InChI is InChI=1S/C15H18BrN3O/c1-10(11-3-2-4-11)15(20)17-7-13-9-19-8-12(16)5-6-14(19)18-13/h5-6,8-11H,2-4,7H2,1H3,(H,17,20). The summed E-state index contributed by atoms with van der Waals surface area (Å²) in [6.45, 7) is 2.52. The van der Waals surface area contributed by atoms with Crippen LogP contribution >= 0.6 is 15.9 Å². The largest absolute Gasteiger partial charge is 0.350 e. The molecular weight excluding hydrogens is 318 g/mol. The zero-order chi connectivity index (χ0) is 14.1. The number of pyridine rings is 1. The lowest BCUT2D eigenvalue weighted by molar-refractivity contribution is -0.127. The van der Waals surface area contributed by atoms with Gasteiger partial charge in [-0.25, -0.2) is 4.98 Å². The maximum atomic E-state index is 12.1. The summed E-state index contributed by atoms with van der Waals surface area (Å²) >= 11 is 3.43. The van der Waals surface area contributed by atoms with E-state index in [0.717, 1.165) is 15.8 Å². The third-order valence-electron chi connectivity index (χ3n) is 4.18. The highest BCUT2D eigenvalue weighted by molar-refractivity contribution is 9.10. The van der Waals surface area contributed by atoms with Gasteiger partial charge in [0, 0.05) is 22.8 Å². The van der Waals surface area contributed by atoms with Crippen molar-refractivity contribution in [2.45, 2.75) is 32.7 Å². The number of hydrogen-bond donors (Lipinski definition) is 1. The first-order valence-electron chi connectivity index (χ1n) is 7.04. The highest BCUT2D eigenvalue weighted by Gasteiger charge is 2.28. The third-order valence-corrected chi connectivity index (χ3v) is 4.65. The molecule has 1 amide bonds. The number of fused-ring (bicyclic) bond motifs is 1. The molecule has 1 aliphatic rings. The number of halogens is 1. The molecule has 0 radical (unpaired) electrons. The van der Waals surface area contributed by atoms with Crippen LogP contribution in [0.15, 0.2) is 29.0 Å². The molecule has 106 valence electrons. The monoisotopic (exact) mass is 335 g/mol. The Morgan fingerprint density at radius 3 is 3.00 bits per heavy atom. The van der Waals surface area contributed by atoms with Gasteiger partial charge >= 0.3 is 0 Å². The third kappa shape index (κ3) is 2.73. The number of aromatic nitrogens is 2. The van der Waals surface area contributed by atoms with Gasteiger partial charge in [-0.1, -0.05) is 13.3 Å². The van der Waals surface area contributed by atoms with Gasteiger partial charge in [0.05, 0.1) is 12.2 Å². The summed E-state index contributed by atoms with van der Waals surface area (Å²) in [6.07, 6.45) is 7.57. The summed E-state index contributed by atoms with van der Waals surface area (Å²) in [4.78, 5) is 16.6. The summed E-state index contributed by atoms with van der Waals surface area (Å²) in [5.74, 6) is 0.842. The lowest BCUT2D eigenvalue weighted by Crippen LogP contribution is -2.35. The average molecular weight is 336 g/mol. The molecule has 2 heterocycles. The van der Waals surface area contributed by atoms with E-state index in [2.05, 4.69) is 26.2 Å². The number of imidazole rings is 1. The summed E-state index contributed by atoms with van der Waals surface area (Å²) < 4.78 is 2.97. The van der Waals surface area contributed by atoms with Crippen molar-refractivity contribution in [2.75, 3.05) is 0 Å². The van der Waals surface area contributed by atoms with Crippen molar-refractivity contribution < 1.29 is 4.79 Å². The fraction of sp³-hybridized carbons (Fsp3) is 0.467. The Morgan fingerprint density at radius 1 is 1.50 bits per heavy atom. The molecule has 0 spiro atoms. The van der Waals surface area contributed by atoms with E-state index in [1.54, 1.807) is 0 Å². The van der Waals surface area contributed by atoms with Gasteiger partial charge in [-0.15, -0.1) is 0 Å². The lowest BCUT2D eigenvalue weighted by Gasteiger charge is -2.30. The van der Waals surface area contributed by atoms with Gasteiger partial charge in [-0.05, 0) is 46.8 Å². The Hall–Kier alpha value is -1.36. The number of carbonyl (C=O) groups excluding carboxylic acids is 1. The molecule has 4 nitrogen and oxygen atoms in total. The molecule has 1 N–H and O–H groups in total. The first-order valence-corrected chi connectivity index (χ1v) is 7.83. The molecule has 2 aromatic rings. The Bertz CT molecular complexity index is 633. The fourth-order valence-corrected chi connectivity index (χ4v) is 2.95. The molecule has 20 heavy (non-hydrogen) atoms. The molecule has 3 rings (SSSR count). The number of carbonyl (C=O) groups is 1. The fourth-order valence-electron chi connectivity index (χ4n) is 2.59. The van der Waals surface area contributed by atoms with Gasteiger partial charge in [-0.2, -0.15) is 0 Å². The second-order valence-corrected chi connectivity index (χ2v) is 6.46. The van der Waals surface area contributed by atoms with Gasteiger partial charge in [0.2, 0.25) is 5.91 Å². The maximum absolute atomic E-state index is 12.1. The van der Waals surface area contributed by atoms with Gasteiger partial charge < -0.3 is 9.72 Å². The van der Waals surface area contributed by atoms with Crippen LogP contribution in [0.4, 0.5) is 0 Å². The molecule has 1 fully saturated rings. The van der Waals surface area contributed by atoms with Crippen LogP contribution in [0, 0.1) is 11.8 Å². The maximum Gasteiger partial charge on any atom is 0.223 e. The van der Waals surface area contributed by atoms with Gasteiger partial charge in [0.15, 0.2) is 0 Å². The van der Waals surface area contributed by atoms with Crippen molar-refractivity contribution in [2.24, 2.45) is 11.8 Å². The zero-order valence-electron chi connectivity index (χ0n) is 11.5. The second-order valence-electron chi connectivity index (χ2n) is 5.54. The highest BCUT2D eigenvalue weighted by atomic mass is 79.9. The summed E-state index contributed by atoms with van der Waals surface area (Å²) in [6, 6.07) is 3.91. The predicted molar refractivity (Wildman–Crippen MR) is 81.2 cm³/mol. The molecular formula is C15H18BrN3O. The van der Waals surface area contributed by atoms with Crippen molar-refractivity contribution >= 4 is 27.5 Å². The van der Waals surface area contributed by atoms with E-state index >= 15 is 0 Å². The van der Waals surface area contributed by atoms with E-state index < -0.39 is 0 Å². The SMILES string of the molecule is CC(C(=O)NCc1cn2cc(Br)ccc2n1)C1CCC1. The lowest BCUT2D eigenvalue weighted by atomic mass is 9.76. The van der Waals surface area contributed by atoms with Gasteiger partial charge in [-0.3, -0.25) is 4.79 Å². The van der Waals surface area contributed by atoms with Crippen LogP contribution in [-0.4, -0.2) is 15.3 Å². The Balaban J connectivity index is 1.62. The Labute approximate surface area is 126 Å². The summed E-state index contributed by atoms with van der Waals surface area (Å²) in [7, 11) is 0. The molecule has 1 aliphatic carbocycles. The average Bonchev–Trinajstić information content (AvgIpc) is 2.75. The van der Waals surface area contributed by atoms with Crippen LogP contribution in [0.25, 0.3) is 5.65 Å². The zero-order valence-corrected chi connectivity index (χ0v) is 13.1. The van der Waals surface area contributed by atoms with Crippen molar-refractivity contribution in [3.8, 4) is 0 Å². The van der Waals surface area contributed by atoms with Gasteiger partial charge in [0.25, 0.3) is 0 Å². The normalized spacial score (nSPS) is 16.9. The quantitative estimate of drug-likeness (QED) is 0.932. The highest BCUT2D eigenvalue weighted by Crippen LogP contribution is 2.33. The minimum absolute atomic E-state index is 0.120. The van der Waals surface area contributed by atoms with Crippen LogP contribution in [0.3, 0.4) is 0 Å². The number of rotatable bonds is 4. The number of amides is 1. The smallest absolute Gasteiger partial charge is 0.223 e. The van der Waals surface area contributed by atoms with Crippen LogP contribution in [0.2, 0.25) is 0 Å². The minimum atomic E-state index is 0.120. The molecule has 0 bridgehead atoms. The number of nitrogens with one attached hydrogen (secondary N) is 1. The van der Waals surface area contributed by atoms with Crippen LogP contribution < -0.4 is 5.32 Å². The van der Waals surface area contributed by atoms with Gasteiger partial charge in [0.1, 0.15) is 5.65 Å². The number of nitrogens with zero attached hydrogens (tertiary/aromatic N) is 2. The van der Waals surface area contributed by atoms with Crippen LogP contribution in [0.5, 0.6) is 0 Å². The first-order chi connectivity index (χ1) is 9.63. The van der Waals surface area contributed by atoms with Crippen LogP contribution in [0.1, 0.15) is 31.9 Å². The molecule has 2 aromatic heterocycles. The minimum Gasteiger partial charge on any atom is -0.350 e. The van der Waals surface area contributed by atoms with E-state index in [9.17, 15) is 4.79 Å². The van der Waals surface area contributed by atoms with Crippen LogP contribution in [-0.2, 0) is 11.3 Å².